The predicted octanol–water partition coefficient (Wildman–Crippen LogP) is 4.14. The first kappa shape index (κ1) is 16.2. The van der Waals surface area contributed by atoms with Gasteiger partial charge in [0.15, 0.2) is 0 Å². The van der Waals surface area contributed by atoms with Crippen LogP contribution in [0.15, 0.2) is 24.3 Å². The topological polar surface area (TPSA) is 55.1 Å². The molecular formula is C16H22N2OS2. The molecule has 3 nitrogen and oxygen atoms in total. The number of anilines is 1. The van der Waals surface area contributed by atoms with E-state index in [0.29, 0.717) is 0 Å². The van der Waals surface area contributed by atoms with E-state index >= 15 is 0 Å². The Hall–Kier alpha value is -1.20. The molecule has 1 aromatic heterocycles. The third-order valence-corrected chi connectivity index (χ3v) is 5.14. The summed E-state index contributed by atoms with van der Waals surface area (Å²) in [6.45, 7) is 0.758. The lowest BCUT2D eigenvalue weighted by molar-refractivity contribution is 0.0957. The summed E-state index contributed by atoms with van der Waals surface area (Å²) in [5, 5.41) is 4.04. The van der Waals surface area contributed by atoms with Crippen molar-refractivity contribution in [2.75, 3.05) is 24.3 Å². The maximum atomic E-state index is 12.1. The molecule has 114 valence electrons. The van der Waals surface area contributed by atoms with Crippen LogP contribution in [0.1, 0.15) is 35.4 Å². The maximum absolute atomic E-state index is 12.1. The number of hydrogen-bond donors (Lipinski definition) is 2. The summed E-state index contributed by atoms with van der Waals surface area (Å²) in [5.74, 6) is 1.26. The molecule has 0 aliphatic heterocycles. The second kappa shape index (κ2) is 8.29. The molecule has 0 aliphatic rings. The van der Waals surface area contributed by atoms with Crippen LogP contribution < -0.4 is 11.1 Å². The zero-order valence-corrected chi connectivity index (χ0v) is 14.0. The minimum Gasteiger partial charge on any atom is -0.399 e. The molecule has 1 aromatic carbocycles. The number of nitrogen functional groups attached to an aromatic ring is 1. The lowest BCUT2D eigenvalue weighted by Gasteiger charge is -2.03. The minimum atomic E-state index is 0.0267. The molecular weight excluding hydrogens is 300 g/mol. The SMILES string of the molecule is CSCCCCCCNC(=O)c1cc2cc(N)ccc2s1. The average Bonchev–Trinajstić information content (AvgIpc) is 2.89. The highest BCUT2D eigenvalue weighted by Crippen LogP contribution is 2.27. The van der Waals surface area contributed by atoms with Crippen LogP contribution in [-0.2, 0) is 0 Å². The van der Waals surface area contributed by atoms with Crippen molar-refractivity contribution in [1.82, 2.24) is 5.32 Å². The molecule has 1 heterocycles. The molecule has 0 saturated carbocycles. The van der Waals surface area contributed by atoms with E-state index in [1.807, 2.05) is 36.0 Å². The number of fused-ring (bicyclic) bond motifs is 1. The van der Waals surface area contributed by atoms with Crippen molar-refractivity contribution in [3.63, 3.8) is 0 Å². The minimum absolute atomic E-state index is 0.0267. The van der Waals surface area contributed by atoms with Gasteiger partial charge in [0.1, 0.15) is 0 Å². The maximum Gasteiger partial charge on any atom is 0.261 e. The molecule has 0 saturated heterocycles. The fourth-order valence-electron chi connectivity index (χ4n) is 2.19. The van der Waals surface area contributed by atoms with Crippen LogP contribution in [0.3, 0.4) is 0 Å². The average molecular weight is 322 g/mol. The van der Waals surface area contributed by atoms with Gasteiger partial charge in [-0.1, -0.05) is 12.8 Å². The smallest absolute Gasteiger partial charge is 0.261 e. The van der Waals surface area contributed by atoms with Crippen LogP contribution in [0.5, 0.6) is 0 Å². The number of nitrogens with one attached hydrogen (secondary N) is 1. The van der Waals surface area contributed by atoms with Crippen molar-refractivity contribution in [3.05, 3.63) is 29.1 Å². The summed E-state index contributed by atoms with van der Waals surface area (Å²) >= 11 is 3.41. The van der Waals surface area contributed by atoms with Crippen LogP contribution in [0.25, 0.3) is 10.1 Å². The van der Waals surface area contributed by atoms with E-state index in [-0.39, 0.29) is 5.91 Å². The Bertz CT molecular complexity index is 595. The van der Waals surface area contributed by atoms with E-state index in [1.54, 1.807) is 0 Å². The number of amides is 1. The van der Waals surface area contributed by atoms with Crippen molar-refractivity contribution in [1.29, 1.82) is 0 Å². The van der Waals surface area contributed by atoms with Crippen molar-refractivity contribution >= 4 is 44.8 Å². The first-order valence-electron chi connectivity index (χ1n) is 7.27. The van der Waals surface area contributed by atoms with Crippen LogP contribution >= 0.6 is 23.1 Å². The molecule has 21 heavy (non-hydrogen) atoms. The van der Waals surface area contributed by atoms with Gasteiger partial charge in [-0.3, -0.25) is 4.79 Å². The highest BCUT2D eigenvalue weighted by Gasteiger charge is 2.09. The Morgan fingerprint density at radius 1 is 1.24 bits per heavy atom. The third kappa shape index (κ3) is 4.93. The number of benzene rings is 1. The summed E-state index contributed by atoms with van der Waals surface area (Å²) in [6, 6.07) is 7.67. The molecule has 0 aliphatic carbocycles. The van der Waals surface area contributed by atoms with Gasteiger partial charge in [0.25, 0.3) is 5.91 Å². The Kier molecular flexibility index (Phi) is 6.39. The molecule has 2 rings (SSSR count). The zero-order valence-electron chi connectivity index (χ0n) is 12.4. The van der Waals surface area contributed by atoms with Crippen molar-refractivity contribution in [2.24, 2.45) is 0 Å². The van der Waals surface area contributed by atoms with E-state index in [1.165, 1.54) is 36.4 Å². The first-order chi connectivity index (χ1) is 10.2. The molecule has 0 unspecified atom stereocenters. The van der Waals surface area contributed by atoms with Gasteiger partial charge in [-0.15, -0.1) is 11.3 Å². The fraction of sp³-hybridized carbons (Fsp3) is 0.438. The fourth-order valence-corrected chi connectivity index (χ4v) is 3.64. The van der Waals surface area contributed by atoms with Crippen molar-refractivity contribution in [3.8, 4) is 0 Å². The summed E-state index contributed by atoms with van der Waals surface area (Å²) in [6.07, 6.45) is 6.90. The van der Waals surface area contributed by atoms with Gasteiger partial charge in [-0.05, 0) is 54.5 Å². The van der Waals surface area contributed by atoms with Crippen molar-refractivity contribution < 1.29 is 4.79 Å². The lowest BCUT2D eigenvalue weighted by atomic mass is 10.2. The number of hydrogen-bond acceptors (Lipinski definition) is 4. The molecule has 0 radical (unpaired) electrons. The standard InChI is InChI=1S/C16H22N2OS2/c1-20-9-5-3-2-4-8-18-16(19)15-11-12-10-13(17)6-7-14(12)21-15/h6-7,10-11H,2-5,8-9,17H2,1H3,(H,18,19). The number of carbonyl (C=O) groups is 1. The van der Waals surface area contributed by atoms with Gasteiger partial charge in [0, 0.05) is 16.9 Å². The molecule has 0 bridgehead atoms. The van der Waals surface area contributed by atoms with Gasteiger partial charge in [-0.2, -0.15) is 11.8 Å². The molecule has 0 spiro atoms. The number of unbranched alkanes of at least 4 members (excludes halogenated alkanes) is 3. The van der Waals surface area contributed by atoms with Gasteiger partial charge in [0.05, 0.1) is 4.88 Å². The molecule has 3 N–H and O–H groups in total. The first-order valence-corrected chi connectivity index (χ1v) is 9.48. The summed E-state index contributed by atoms with van der Waals surface area (Å²) in [7, 11) is 0. The zero-order chi connectivity index (χ0) is 15.1. The summed E-state index contributed by atoms with van der Waals surface area (Å²) < 4.78 is 1.10. The van der Waals surface area contributed by atoms with Crippen LogP contribution in [0.2, 0.25) is 0 Å². The Balaban J connectivity index is 1.77. The Morgan fingerprint density at radius 3 is 2.86 bits per heavy atom. The number of rotatable bonds is 8. The van der Waals surface area contributed by atoms with E-state index < -0.39 is 0 Å². The van der Waals surface area contributed by atoms with E-state index in [0.717, 1.165) is 33.6 Å². The Morgan fingerprint density at radius 2 is 2.05 bits per heavy atom. The highest BCUT2D eigenvalue weighted by molar-refractivity contribution is 7.98. The van der Waals surface area contributed by atoms with Crippen LogP contribution in [-0.4, -0.2) is 24.5 Å². The molecule has 5 heteroatoms. The molecule has 0 atom stereocenters. The van der Waals surface area contributed by atoms with E-state index in [4.69, 9.17) is 5.73 Å². The van der Waals surface area contributed by atoms with Gasteiger partial charge < -0.3 is 11.1 Å². The number of carbonyl (C=O) groups excluding carboxylic acids is 1. The summed E-state index contributed by atoms with van der Waals surface area (Å²) in [4.78, 5) is 12.9. The molecule has 0 fully saturated rings. The monoisotopic (exact) mass is 322 g/mol. The third-order valence-electron chi connectivity index (χ3n) is 3.32. The normalized spacial score (nSPS) is 10.9. The second-order valence-corrected chi connectivity index (χ2v) is 7.14. The molecule has 1 amide bonds. The number of thiophene rings is 1. The van der Waals surface area contributed by atoms with Gasteiger partial charge >= 0.3 is 0 Å². The summed E-state index contributed by atoms with van der Waals surface area (Å²) in [5.41, 5.74) is 6.49. The van der Waals surface area contributed by atoms with E-state index in [9.17, 15) is 4.79 Å². The second-order valence-electron chi connectivity index (χ2n) is 5.07. The van der Waals surface area contributed by atoms with Gasteiger partial charge in [-0.25, -0.2) is 0 Å². The Labute approximate surface area is 134 Å². The molecule has 2 aromatic rings. The highest BCUT2D eigenvalue weighted by atomic mass is 32.2. The number of nitrogens with two attached hydrogens (primary N) is 1. The number of thioether (sulfide) groups is 1. The largest absolute Gasteiger partial charge is 0.399 e. The van der Waals surface area contributed by atoms with Gasteiger partial charge in [0.2, 0.25) is 0 Å². The van der Waals surface area contributed by atoms with Crippen LogP contribution in [0, 0.1) is 0 Å². The van der Waals surface area contributed by atoms with Crippen molar-refractivity contribution in [2.45, 2.75) is 25.7 Å². The van der Waals surface area contributed by atoms with E-state index in [2.05, 4.69) is 11.6 Å². The van der Waals surface area contributed by atoms with Crippen LogP contribution in [0.4, 0.5) is 5.69 Å². The predicted molar refractivity (Wildman–Crippen MR) is 95.4 cm³/mol. The quantitative estimate of drug-likeness (QED) is 0.567. The lowest BCUT2D eigenvalue weighted by Crippen LogP contribution is -2.23.